The van der Waals surface area contributed by atoms with Crippen LogP contribution in [0.3, 0.4) is 0 Å². The highest BCUT2D eigenvalue weighted by Gasteiger charge is 2.62. The number of halogens is 2. The van der Waals surface area contributed by atoms with Gasteiger partial charge in [0.25, 0.3) is 0 Å². The molecule has 25 heavy (non-hydrogen) atoms. The van der Waals surface area contributed by atoms with Gasteiger partial charge in [0.2, 0.25) is 0 Å². The number of aliphatic hydroxyl groups is 1. The smallest absolute Gasteiger partial charge is 0.155 e. The van der Waals surface area contributed by atoms with Crippen LogP contribution >= 0.6 is 34.2 Å². The maximum absolute atomic E-state index is 12.0. The molecule has 0 aliphatic heterocycles. The predicted octanol–water partition coefficient (Wildman–Crippen LogP) is 5.01. The zero-order chi connectivity index (χ0) is 17.8. The first-order chi connectivity index (χ1) is 12.1. The van der Waals surface area contributed by atoms with Crippen molar-refractivity contribution in [1.29, 1.82) is 0 Å². The molecule has 3 fully saturated rings. The van der Waals surface area contributed by atoms with Gasteiger partial charge in [0, 0.05) is 22.1 Å². The van der Waals surface area contributed by atoms with Crippen molar-refractivity contribution in [3.63, 3.8) is 0 Å². The van der Waals surface area contributed by atoms with Gasteiger partial charge in [0.15, 0.2) is 5.78 Å². The Hall–Kier alpha value is 0.390. The molecule has 4 aliphatic carbocycles. The third-order valence-electron chi connectivity index (χ3n) is 8.25. The minimum atomic E-state index is -0.150. The Kier molecular flexibility index (Phi) is 5.31. The van der Waals surface area contributed by atoms with Gasteiger partial charge in [-0.25, -0.2) is 0 Å². The van der Waals surface area contributed by atoms with Gasteiger partial charge in [0.1, 0.15) is 0 Å². The van der Waals surface area contributed by atoms with E-state index in [0.29, 0.717) is 53.6 Å². The summed E-state index contributed by atoms with van der Waals surface area (Å²) in [6.45, 7) is 2.31. The number of fused-ring (bicyclic) bond motifs is 5. The molecule has 3 saturated carbocycles. The monoisotopic (exact) mass is 476 g/mol. The van der Waals surface area contributed by atoms with Crippen LogP contribution in [-0.2, 0) is 4.79 Å². The first-order valence-corrected chi connectivity index (χ1v) is 12.1. The van der Waals surface area contributed by atoms with Crippen LogP contribution in [0.5, 0.6) is 0 Å². The molecule has 0 aromatic carbocycles. The molecule has 140 valence electrons. The highest BCUT2D eigenvalue weighted by Crippen LogP contribution is 2.65. The Bertz CT molecular complexity index is 576. The number of carbonyl (C=O) groups is 1. The summed E-state index contributed by atoms with van der Waals surface area (Å²) in [6.07, 6.45) is 9.10. The Morgan fingerprint density at radius 2 is 2.08 bits per heavy atom. The van der Waals surface area contributed by atoms with E-state index in [9.17, 15) is 9.90 Å². The third kappa shape index (κ3) is 2.77. The van der Waals surface area contributed by atoms with Gasteiger partial charge in [0.05, 0.1) is 6.10 Å². The highest BCUT2D eigenvalue weighted by atomic mass is 127. The topological polar surface area (TPSA) is 37.3 Å². The van der Waals surface area contributed by atoms with E-state index in [0.717, 1.165) is 30.1 Å². The minimum absolute atomic E-state index is 0.0837. The molecule has 0 aromatic heterocycles. The van der Waals surface area contributed by atoms with E-state index in [4.69, 9.17) is 11.6 Å². The van der Waals surface area contributed by atoms with Crippen molar-refractivity contribution < 1.29 is 9.90 Å². The first-order valence-electron chi connectivity index (χ1n) is 10.1. The molecule has 0 unspecified atom stereocenters. The predicted molar refractivity (Wildman–Crippen MR) is 110 cm³/mol. The van der Waals surface area contributed by atoms with Gasteiger partial charge >= 0.3 is 0 Å². The van der Waals surface area contributed by atoms with Crippen molar-refractivity contribution in [2.24, 2.45) is 40.9 Å². The Morgan fingerprint density at radius 3 is 2.76 bits per heavy atom. The van der Waals surface area contributed by atoms with Crippen molar-refractivity contribution in [3.8, 4) is 0 Å². The lowest BCUT2D eigenvalue weighted by molar-refractivity contribution is -0.118. The van der Waals surface area contributed by atoms with Crippen LogP contribution in [-0.4, -0.2) is 27.3 Å². The summed E-state index contributed by atoms with van der Waals surface area (Å²) in [7, 11) is 0. The second kappa shape index (κ2) is 7.09. The lowest BCUT2D eigenvalue weighted by Crippen LogP contribution is -2.56. The fourth-order valence-electron chi connectivity index (χ4n) is 7.24. The molecular weight excluding hydrogens is 447 g/mol. The molecule has 0 radical (unpaired) electrons. The lowest BCUT2D eigenvalue weighted by Gasteiger charge is -2.59. The molecular formula is C21H30ClIO2. The van der Waals surface area contributed by atoms with E-state index in [-0.39, 0.29) is 11.5 Å². The van der Waals surface area contributed by atoms with Gasteiger partial charge in [-0.1, -0.05) is 41.5 Å². The average molecular weight is 477 g/mol. The number of ketones is 1. The van der Waals surface area contributed by atoms with Crippen LogP contribution in [0.25, 0.3) is 0 Å². The molecule has 0 bridgehead atoms. The van der Waals surface area contributed by atoms with Crippen molar-refractivity contribution in [2.45, 2.75) is 58.0 Å². The quantitative estimate of drug-likeness (QED) is 0.459. The van der Waals surface area contributed by atoms with Crippen molar-refractivity contribution in [2.75, 3.05) is 10.3 Å². The average Bonchev–Trinajstić information content (AvgIpc) is 2.96. The number of hydrogen-bond acceptors (Lipinski definition) is 2. The number of hydrogen-bond donors (Lipinski definition) is 1. The van der Waals surface area contributed by atoms with Crippen LogP contribution in [0.4, 0.5) is 0 Å². The van der Waals surface area contributed by atoms with Gasteiger partial charge in [-0.05, 0) is 73.7 Å². The molecule has 4 aliphatic rings. The number of carbonyl (C=O) groups excluding carboxylic acids is 1. The largest absolute Gasteiger partial charge is 0.393 e. The second-order valence-corrected chi connectivity index (χ2v) is 10.1. The zero-order valence-electron chi connectivity index (χ0n) is 15.1. The van der Waals surface area contributed by atoms with Gasteiger partial charge in [-0.15, -0.1) is 11.6 Å². The molecule has 4 rings (SSSR count). The molecule has 0 aromatic rings. The van der Waals surface area contributed by atoms with Crippen LogP contribution in [0.15, 0.2) is 11.6 Å². The van der Waals surface area contributed by atoms with Crippen LogP contribution in [0.2, 0.25) is 0 Å². The van der Waals surface area contributed by atoms with Crippen molar-refractivity contribution in [3.05, 3.63) is 11.6 Å². The van der Waals surface area contributed by atoms with Gasteiger partial charge < -0.3 is 5.11 Å². The van der Waals surface area contributed by atoms with Crippen LogP contribution in [0, 0.1) is 40.9 Å². The number of allylic oxidation sites excluding steroid dienone is 1. The molecule has 0 amide bonds. The van der Waals surface area contributed by atoms with E-state index in [1.165, 1.54) is 18.4 Å². The maximum Gasteiger partial charge on any atom is 0.155 e. The molecule has 2 nitrogen and oxygen atoms in total. The third-order valence-corrected chi connectivity index (χ3v) is 10.1. The zero-order valence-corrected chi connectivity index (χ0v) is 18.0. The van der Waals surface area contributed by atoms with Crippen molar-refractivity contribution in [1.82, 2.24) is 0 Å². The molecule has 0 spiro atoms. The van der Waals surface area contributed by atoms with Gasteiger partial charge in [-0.2, -0.15) is 0 Å². The summed E-state index contributed by atoms with van der Waals surface area (Å²) in [4.78, 5) is 12.0. The fraction of sp³-hybridized carbons (Fsp3) is 0.857. The summed E-state index contributed by atoms with van der Waals surface area (Å²) < 4.78 is 1.05. The van der Waals surface area contributed by atoms with E-state index < -0.39 is 0 Å². The summed E-state index contributed by atoms with van der Waals surface area (Å²) in [5.41, 5.74) is 1.51. The second-order valence-electron chi connectivity index (χ2n) is 9.04. The first kappa shape index (κ1) is 18.7. The lowest BCUT2D eigenvalue weighted by atomic mass is 9.46. The summed E-state index contributed by atoms with van der Waals surface area (Å²) >= 11 is 9.06. The molecule has 1 N–H and O–H groups in total. The Labute approximate surface area is 170 Å². The Morgan fingerprint density at radius 1 is 1.28 bits per heavy atom. The summed E-state index contributed by atoms with van der Waals surface area (Å²) in [5, 5.41) is 10.9. The van der Waals surface area contributed by atoms with Gasteiger partial charge in [-0.3, -0.25) is 4.79 Å². The number of alkyl halides is 2. The van der Waals surface area contributed by atoms with E-state index in [2.05, 4.69) is 29.5 Å². The van der Waals surface area contributed by atoms with Crippen LogP contribution in [0.1, 0.15) is 51.9 Å². The number of aliphatic hydroxyl groups excluding tert-OH is 1. The normalized spacial score (nSPS) is 49.2. The molecule has 8 atom stereocenters. The Balaban J connectivity index is 1.78. The molecule has 0 heterocycles. The van der Waals surface area contributed by atoms with E-state index >= 15 is 0 Å². The fourth-order valence-corrected chi connectivity index (χ4v) is 8.94. The standard InChI is InChI=1S/C21H30ClIO2/c1-2-12-7-13-8-15(24)3-4-16(13)19-14(10-22)9-21(11-23)17(20(12)19)5-6-18(21)25/h8,12,14,16-20,25H,2-7,9-11H2,1H3/t12-,14-,16+,17+,18+,19-,20+,21-/m1/s1. The molecule has 4 heteroatoms. The molecule has 0 saturated heterocycles. The maximum atomic E-state index is 12.0. The SMILES string of the molecule is CC[C@@H]1CC2=CC(=O)CC[C@@H]2[C@H]2[C@@H](CCl)C[C@]3(CI)[C@@H](O)CC[C@H]3[C@H]12. The van der Waals surface area contributed by atoms with Crippen molar-refractivity contribution >= 4 is 40.0 Å². The van der Waals surface area contributed by atoms with E-state index in [1.54, 1.807) is 0 Å². The minimum Gasteiger partial charge on any atom is -0.393 e. The van der Waals surface area contributed by atoms with Crippen LogP contribution < -0.4 is 0 Å². The summed E-state index contributed by atoms with van der Waals surface area (Å²) in [5.74, 6) is 4.70. The summed E-state index contributed by atoms with van der Waals surface area (Å²) in [6, 6.07) is 0. The number of rotatable bonds is 3. The highest BCUT2D eigenvalue weighted by molar-refractivity contribution is 14.1. The van der Waals surface area contributed by atoms with E-state index in [1.807, 2.05) is 6.08 Å².